The van der Waals surface area contributed by atoms with Crippen molar-refractivity contribution in [1.82, 2.24) is 24.8 Å². The second-order valence-electron chi connectivity index (χ2n) is 12.5. The lowest BCUT2D eigenvalue weighted by atomic mass is 9.87. The topological polar surface area (TPSA) is 83.9 Å². The Kier molecular flexibility index (Phi) is 9.56. The molecule has 44 heavy (non-hydrogen) atoms. The molecule has 6 rings (SSSR count). The lowest BCUT2D eigenvalue weighted by molar-refractivity contribution is -0.142. The zero-order valence-corrected chi connectivity index (χ0v) is 27.0. The summed E-state index contributed by atoms with van der Waals surface area (Å²) in [7, 11) is 3.69. The molecule has 3 saturated heterocycles. The third kappa shape index (κ3) is 7.28. The molecule has 234 valence electrons. The maximum absolute atomic E-state index is 11.7. The third-order valence-corrected chi connectivity index (χ3v) is 9.87. The Labute approximate surface area is 269 Å². The van der Waals surface area contributed by atoms with Gasteiger partial charge >= 0.3 is 5.97 Å². The van der Waals surface area contributed by atoms with E-state index >= 15 is 0 Å². The summed E-state index contributed by atoms with van der Waals surface area (Å²) in [5.41, 5.74) is 2.83. The number of piperidine rings is 2. The van der Waals surface area contributed by atoms with E-state index in [2.05, 4.69) is 27.8 Å². The number of rotatable bonds is 8. The minimum Gasteiger partial charge on any atom is -0.469 e. The van der Waals surface area contributed by atoms with Crippen molar-refractivity contribution in [2.75, 3.05) is 51.8 Å². The van der Waals surface area contributed by atoms with Crippen LogP contribution >= 0.6 is 23.2 Å². The van der Waals surface area contributed by atoms with Gasteiger partial charge in [-0.2, -0.15) is 0 Å². The summed E-state index contributed by atoms with van der Waals surface area (Å²) in [4.78, 5) is 33.2. The number of esters is 1. The number of carbonyl (C=O) groups is 1. The molecule has 1 spiro atoms. The first-order chi connectivity index (χ1) is 21.3. The molecular formula is C33H40Cl2N6O3. The Bertz CT molecular complexity index is 1450. The van der Waals surface area contributed by atoms with Gasteiger partial charge in [0.2, 0.25) is 11.8 Å². The van der Waals surface area contributed by atoms with Crippen LogP contribution in [0.5, 0.6) is 11.6 Å². The number of ether oxygens (including phenoxy) is 2. The highest BCUT2D eigenvalue weighted by Crippen LogP contribution is 2.37. The Balaban J connectivity index is 1.19. The van der Waals surface area contributed by atoms with E-state index < -0.39 is 0 Å². The molecule has 2 aromatic heterocycles. The van der Waals surface area contributed by atoms with Crippen molar-refractivity contribution in [3.05, 3.63) is 58.3 Å². The molecule has 0 N–H and O–H groups in total. The van der Waals surface area contributed by atoms with Crippen molar-refractivity contribution in [3.8, 4) is 22.9 Å². The SMILES string of the molecule is COC(=O)CC1CCN(Cc2cc(Oc3cnc(N4CCC[C@]5(CCCN5C)C4)nc3)nc(-c3cc(Cl)cc(Cl)c3)c2)CC1. The number of hydrogen-bond acceptors (Lipinski definition) is 9. The van der Waals surface area contributed by atoms with Crippen LogP contribution < -0.4 is 9.64 Å². The number of anilines is 1. The predicted octanol–water partition coefficient (Wildman–Crippen LogP) is 6.48. The van der Waals surface area contributed by atoms with E-state index in [-0.39, 0.29) is 11.5 Å². The van der Waals surface area contributed by atoms with E-state index in [1.807, 2.05) is 18.2 Å². The first kappa shape index (κ1) is 31.0. The Morgan fingerprint density at radius 1 is 0.977 bits per heavy atom. The van der Waals surface area contributed by atoms with E-state index in [1.165, 1.54) is 26.4 Å². The van der Waals surface area contributed by atoms with Gasteiger partial charge in [0, 0.05) is 53.3 Å². The van der Waals surface area contributed by atoms with Gasteiger partial charge in [-0.1, -0.05) is 23.2 Å². The molecule has 11 heteroatoms. The van der Waals surface area contributed by atoms with E-state index in [4.69, 9.17) is 47.6 Å². The number of nitrogens with zero attached hydrogens (tertiary/aromatic N) is 6. The lowest BCUT2D eigenvalue weighted by Crippen LogP contribution is -2.54. The molecule has 5 heterocycles. The number of aromatic nitrogens is 3. The summed E-state index contributed by atoms with van der Waals surface area (Å²) < 4.78 is 11.1. The highest BCUT2D eigenvalue weighted by molar-refractivity contribution is 6.35. The van der Waals surface area contributed by atoms with Crippen LogP contribution in [0.15, 0.2) is 42.7 Å². The van der Waals surface area contributed by atoms with Gasteiger partial charge in [-0.3, -0.25) is 14.6 Å². The van der Waals surface area contributed by atoms with Crippen molar-refractivity contribution >= 4 is 35.1 Å². The lowest BCUT2D eigenvalue weighted by Gasteiger charge is -2.44. The second-order valence-corrected chi connectivity index (χ2v) is 13.3. The second kappa shape index (κ2) is 13.6. The van der Waals surface area contributed by atoms with Crippen molar-refractivity contribution in [3.63, 3.8) is 0 Å². The smallest absolute Gasteiger partial charge is 0.305 e. The molecule has 9 nitrogen and oxygen atoms in total. The molecule has 0 amide bonds. The minimum atomic E-state index is -0.137. The summed E-state index contributed by atoms with van der Waals surface area (Å²) in [5, 5.41) is 1.09. The summed E-state index contributed by atoms with van der Waals surface area (Å²) in [6.07, 6.45) is 10.7. The van der Waals surface area contributed by atoms with Crippen molar-refractivity contribution < 1.29 is 14.3 Å². The van der Waals surface area contributed by atoms with Gasteiger partial charge in [0.1, 0.15) is 0 Å². The van der Waals surface area contributed by atoms with Gasteiger partial charge in [0.05, 0.1) is 25.2 Å². The van der Waals surface area contributed by atoms with Crippen LogP contribution in [0.4, 0.5) is 5.95 Å². The summed E-state index contributed by atoms with van der Waals surface area (Å²) >= 11 is 12.7. The van der Waals surface area contributed by atoms with Crippen molar-refractivity contribution in [2.24, 2.45) is 5.92 Å². The predicted molar refractivity (Wildman–Crippen MR) is 172 cm³/mol. The molecule has 0 bridgehead atoms. The zero-order chi connectivity index (χ0) is 30.7. The van der Waals surface area contributed by atoms with E-state index in [9.17, 15) is 4.79 Å². The number of halogens is 2. The van der Waals surface area contributed by atoms with Gasteiger partial charge in [-0.25, -0.2) is 15.0 Å². The quantitative estimate of drug-likeness (QED) is 0.257. The van der Waals surface area contributed by atoms with Gasteiger partial charge in [0.25, 0.3) is 0 Å². The average Bonchev–Trinajstić information content (AvgIpc) is 3.36. The van der Waals surface area contributed by atoms with Crippen molar-refractivity contribution in [1.29, 1.82) is 0 Å². The fraction of sp³-hybridized carbons (Fsp3) is 0.515. The maximum Gasteiger partial charge on any atom is 0.305 e. The van der Waals surface area contributed by atoms with Crippen LogP contribution in [-0.2, 0) is 16.1 Å². The van der Waals surface area contributed by atoms with Crippen LogP contribution in [0.2, 0.25) is 10.0 Å². The molecule has 1 atom stereocenters. The molecule has 0 aliphatic carbocycles. The fourth-order valence-corrected chi connectivity index (χ4v) is 7.52. The van der Waals surface area contributed by atoms with Gasteiger partial charge in [0.15, 0.2) is 5.75 Å². The first-order valence-corrected chi connectivity index (χ1v) is 16.3. The minimum absolute atomic E-state index is 0.137. The molecule has 3 fully saturated rings. The number of likely N-dealkylation sites (tertiary alicyclic amines) is 2. The Morgan fingerprint density at radius 2 is 1.68 bits per heavy atom. The first-order valence-electron chi connectivity index (χ1n) is 15.5. The number of likely N-dealkylation sites (N-methyl/N-ethyl adjacent to an activating group) is 1. The highest BCUT2D eigenvalue weighted by atomic mass is 35.5. The Hall–Kier alpha value is -2.98. The summed E-state index contributed by atoms with van der Waals surface area (Å²) in [5.74, 6) is 1.94. The van der Waals surface area contributed by atoms with E-state index in [0.717, 1.165) is 81.3 Å². The van der Waals surface area contributed by atoms with Crippen molar-refractivity contribution in [2.45, 2.75) is 57.0 Å². The Morgan fingerprint density at radius 3 is 2.36 bits per heavy atom. The zero-order valence-electron chi connectivity index (χ0n) is 25.5. The number of benzene rings is 1. The molecule has 1 aromatic carbocycles. The fourth-order valence-electron chi connectivity index (χ4n) is 7.00. The number of methoxy groups -OCH3 is 1. The number of pyridine rings is 1. The van der Waals surface area contributed by atoms with Crippen LogP contribution in [0.3, 0.4) is 0 Å². The average molecular weight is 640 g/mol. The number of hydrogen-bond donors (Lipinski definition) is 0. The monoisotopic (exact) mass is 638 g/mol. The van der Waals surface area contributed by atoms with Gasteiger partial charge in [-0.15, -0.1) is 0 Å². The summed E-state index contributed by atoms with van der Waals surface area (Å²) in [6, 6.07) is 9.44. The van der Waals surface area contributed by atoms with Crippen LogP contribution in [-0.4, -0.2) is 83.1 Å². The van der Waals surface area contributed by atoms with Crippen LogP contribution in [0, 0.1) is 5.92 Å². The molecule has 3 aliphatic rings. The molecule has 0 radical (unpaired) electrons. The molecular weight excluding hydrogens is 599 g/mol. The maximum atomic E-state index is 11.7. The molecule has 0 saturated carbocycles. The largest absolute Gasteiger partial charge is 0.469 e. The molecule has 0 unspecified atom stereocenters. The van der Waals surface area contributed by atoms with Gasteiger partial charge < -0.3 is 14.4 Å². The summed E-state index contributed by atoms with van der Waals surface area (Å²) in [6.45, 7) is 5.61. The third-order valence-electron chi connectivity index (χ3n) is 9.44. The normalized spacial score (nSPS) is 21.6. The van der Waals surface area contributed by atoms with E-state index in [0.29, 0.717) is 34.0 Å². The molecule has 3 aromatic rings. The van der Waals surface area contributed by atoms with Crippen LogP contribution in [0.25, 0.3) is 11.3 Å². The molecule has 3 aliphatic heterocycles. The number of carbonyl (C=O) groups excluding carboxylic acids is 1. The highest BCUT2D eigenvalue weighted by Gasteiger charge is 2.42. The van der Waals surface area contributed by atoms with Crippen LogP contribution in [0.1, 0.15) is 50.5 Å². The van der Waals surface area contributed by atoms with E-state index in [1.54, 1.807) is 18.5 Å². The van der Waals surface area contributed by atoms with Gasteiger partial charge in [-0.05, 0) is 101 Å². The standard InChI is InChI=1S/C33H40Cl2N6O3/c1-39-9-3-7-33(39)8-4-10-41(22-33)32-36-19-28(20-37-32)44-30-14-24(13-29(38-30)25-16-26(34)18-27(35)17-25)21-40-11-5-23(6-12-40)15-31(42)43-2/h13-14,16-20,23H,3-12,15,21-22H2,1-2H3/t33-/m1/s1.